The molecule has 0 aliphatic carbocycles. The molecule has 1 aromatic carbocycles. The molecule has 25 heavy (non-hydrogen) atoms. The fourth-order valence-corrected chi connectivity index (χ4v) is 2.46. The number of rotatable bonds is 7. The molecule has 0 radical (unpaired) electrons. The number of esters is 3. The molecule has 0 fully saturated rings. The normalized spacial score (nSPS) is 12.5. The summed E-state index contributed by atoms with van der Waals surface area (Å²) in [6, 6.07) is 5.02. The molecule has 1 rings (SSSR count). The van der Waals surface area contributed by atoms with Crippen molar-refractivity contribution in [1.82, 2.24) is 5.32 Å². The first-order valence-electron chi connectivity index (χ1n) is 7.13. The molecule has 0 spiro atoms. The summed E-state index contributed by atoms with van der Waals surface area (Å²) >= 11 is 3.24. The summed E-state index contributed by atoms with van der Waals surface area (Å²) in [5, 5.41) is 2.41. The van der Waals surface area contributed by atoms with Gasteiger partial charge in [-0.3, -0.25) is 14.4 Å². The fraction of sp³-hybridized carbons (Fsp3) is 0.375. The molecule has 8 nitrogen and oxygen atoms in total. The van der Waals surface area contributed by atoms with E-state index in [9.17, 15) is 19.2 Å². The van der Waals surface area contributed by atoms with Crippen LogP contribution in [0.25, 0.3) is 0 Å². The van der Waals surface area contributed by atoms with Crippen LogP contribution in [0.4, 0.5) is 0 Å². The summed E-state index contributed by atoms with van der Waals surface area (Å²) in [5.74, 6) is -4.38. The summed E-state index contributed by atoms with van der Waals surface area (Å²) in [6.07, 6.45) is -0.457. The van der Waals surface area contributed by atoms with Gasteiger partial charge >= 0.3 is 17.9 Å². The molecule has 0 aliphatic heterocycles. The lowest BCUT2D eigenvalue weighted by Gasteiger charge is -2.23. The average molecular weight is 416 g/mol. The van der Waals surface area contributed by atoms with Crippen LogP contribution in [0.15, 0.2) is 28.7 Å². The third-order valence-electron chi connectivity index (χ3n) is 3.35. The predicted molar refractivity (Wildman–Crippen MR) is 89.6 cm³/mol. The van der Waals surface area contributed by atoms with Gasteiger partial charge in [0, 0.05) is 10.0 Å². The third-order valence-corrected chi connectivity index (χ3v) is 3.84. The Morgan fingerprint density at radius 1 is 1.04 bits per heavy atom. The quantitative estimate of drug-likeness (QED) is 0.523. The molecular formula is C16H18BrNO7. The zero-order valence-corrected chi connectivity index (χ0v) is 15.5. The van der Waals surface area contributed by atoms with Crippen molar-refractivity contribution < 1.29 is 33.4 Å². The van der Waals surface area contributed by atoms with E-state index in [-0.39, 0.29) is 5.56 Å². The van der Waals surface area contributed by atoms with Gasteiger partial charge in [-0.1, -0.05) is 22.0 Å². The second-order valence-corrected chi connectivity index (χ2v) is 5.81. The van der Waals surface area contributed by atoms with Gasteiger partial charge in [-0.25, -0.2) is 4.79 Å². The van der Waals surface area contributed by atoms with Gasteiger partial charge in [0.15, 0.2) is 0 Å². The SMILES string of the molecule is COC(=O)C[C@@H](C(=O)OC)[C@H](NC(=O)c1cccc(Br)c1)C(=O)OC. The first kappa shape index (κ1) is 20.6. The van der Waals surface area contributed by atoms with Gasteiger partial charge < -0.3 is 19.5 Å². The van der Waals surface area contributed by atoms with E-state index in [0.717, 1.165) is 21.3 Å². The molecule has 0 aromatic heterocycles. The van der Waals surface area contributed by atoms with Gasteiger partial charge in [0.1, 0.15) is 6.04 Å². The van der Waals surface area contributed by atoms with Crippen molar-refractivity contribution in [1.29, 1.82) is 0 Å². The highest BCUT2D eigenvalue weighted by atomic mass is 79.9. The van der Waals surface area contributed by atoms with Crippen molar-refractivity contribution in [2.75, 3.05) is 21.3 Å². The molecule has 136 valence electrons. The average Bonchev–Trinajstić information content (AvgIpc) is 2.62. The summed E-state index contributed by atoms with van der Waals surface area (Å²) in [5.41, 5.74) is 0.255. The van der Waals surface area contributed by atoms with Crippen molar-refractivity contribution >= 4 is 39.7 Å². The summed E-state index contributed by atoms with van der Waals surface area (Å²) in [4.78, 5) is 48.0. The van der Waals surface area contributed by atoms with Gasteiger partial charge in [-0.05, 0) is 18.2 Å². The largest absolute Gasteiger partial charge is 0.469 e. The van der Waals surface area contributed by atoms with Crippen LogP contribution in [0.3, 0.4) is 0 Å². The number of ether oxygens (including phenoxy) is 3. The number of amides is 1. The third kappa shape index (κ3) is 5.86. The number of benzene rings is 1. The lowest BCUT2D eigenvalue weighted by atomic mass is 9.95. The second kappa shape index (κ2) is 9.77. The maximum absolute atomic E-state index is 12.4. The van der Waals surface area contributed by atoms with Crippen molar-refractivity contribution in [2.24, 2.45) is 5.92 Å². The number of carbonyl (C=O) groups is 4. The highest BCUT2D eigenvalue weighted by Gasteiger charge is 2.38. The van der Waals surface area contributed by atoms with E-state index in [2.05, 4.69) is 35.5 Å². The van der Waals surface area contributed by atoms with Crippen molar-refractivity contribution in [3.8, 4) is 0 Å². The minimum atomic E-state index is -1.41. The zero-order chi connectivity index (χ0) is 19.0. The Hall–Kier alpha value is -2.42. The Morgan fingerprint density at radius 2 is 1.68 bits per heavy atom. The molecule has 0 heterocycles. The van der Waals surface area contributed by atoms with Crippen LogP contribution >= 0.6 is 15.9 Å². The lowest BCUT2D eigenvalue weighted by molar-refractivity contribution is -0.158. The van der Waals surface area contributed by atoms with E-state index < -0.39 is 42.2 Å². The lowest BCUT2D eigenvalue weighted by Crippen LogP contribution is -2.50. The number of methoxy groups -OCH3 is 3. The van der Waals surface area contributed by atoms with Gasteiger partial charge in [-0.15, -0.1) is 0 Å². The van der Waals surface area contributed by atoms with E-state index in [1.165, 1.54) is 12.1 Å². The number of hydrogen-bond acceptors (Lipinski definition) is 7. The number of hydrogen-bond donors (Lipinski definition) is 1. The van der Waals surface area contributed by atoms with Crippen LogP contribution in [0.2, 0.25) is 0 Å². The van der Waals surface area contributed by atoms with Crippen molar-refractivity contribution in [2.45, 2.75) is 12.5 Å². The Balaban J connectivity index is 3.11. The van der Waals surface area contributed by atoms with Crippen LogP contribution in [0.1, 0.15) is 16.8 Å². The Labute approximate surface area is 152 Å². The smallest absolute Gasteiger partial charge is 0.329 e. The Kier molecular flexibility index (Phi) is 8.06. The molecular weight excluding hydrogens is 398 g/mol. The number of halogens is 1. The second-order valence-electron chi connectivity index (χ2n) is 4.89. The standard InChI is InChI=1S/C16H18BrNO7/c1-23-12(19)8-11(15(21)24-2)13(16(22)25-3)18-14(20)9-5-4-6-10(17)7-9/h4-7,11,13H,8H2,1-3H3,(H,18,20)/t11-,13+/m1/s1. The van der Waals surface area contributed by atoms with Crippen molar-refractivity contribution in [3.05, 3.63) is 34.3 Å². The molecule has 0 saturated heterocycles. The maximum atomic E-state index is 12.4. The zero-order valence-electron chi connectivity index (χ0n) is 13.9. The molecule has 0 bridgehead atoms. The van der Waals surface area contributed by atoms with E-state index in [1.54, 1.807) is 12.1 Å². The van der Waals surface area contributed by atoms with E-state index >= 15 is 0 Å². The number of nitrogens with one attached hydrogen (secondary N) is 1. The summed E-state index contributed by atoms with van der Waals surface area (Å²) in [6.45, 7) is 0. The molecule has 2 atom stereocenters. The topological polar surface area (TPSA) is 108 Å². The molecule has 0 unspecified atom stereocenters. The highest BCUT2D eigenvalue weighted by molar-refractivity contribution is 9.10. The monoisotopic (exact) mass is 415 g/mol. The molecule has 1 N–H and O–H groups in total. The first-order chi connectivity index (χ1) is 11.8. The van der Waals surface area contributed by atoms with E-state index in [1.807, 2.05) is 0 Å². The van der Waals surface area contributed by atoms with E-state index in [0.29, 0.717) is 4.47 Å². The van der Waals surface area contributed by atoms with Crippen LogP contribution in [-0.4, -0.2) is 51.2 Å². The maximum Gasteiger partial charge on any atom is 0.329 e. The number of carbonyl (C=O) groups excluding carboxylic acids is 4. The minimum absolute atomic E-state index is 0.255. The van der Waals surface area contributed by atoms with Gasteiger partial charge in [-0.2, -0.15) is 0 Å². The van der Waals surface area contributed by atoms with Crippen LogP contribution in [-0.2, 0) is 28.6 Å². The molecule has 0 saturated carbocycles. The van der Waals surface area contributed by atoms with Gasteiger partial charge in [0.05, 0.1) is 33.7 Å². The predicted octanol–water partition coefficient (Wildman–Crippen LogP) is 1.07. The van der Waals surface area contributed by atoms with Crippen LogP contribution in [0, 0.1) is 5.92 Å². The van der Waals surface area contributed by atoms with E-state index in [4.69, 9.17) is 0 Å². The van der Waals surface area contributed by atoms with Gasteiger partial charge in [0.2, 0.25) is 0 Å². The summed E-state index contributed by atoms with van der Waals surface area (Å²) in [7, 11) is 3.36. The van der Waals surface area contributed by atoms with Crippen molar-refractivity contribution in [3.63, 3.8) is 0 Å². The molecule has 9 heteroatoms. The van der Waals surface area contributed by atoms with Crippen LogP contribution in [0.5, 0.6) is 0 Å². The summed E-state index contributed by atoms with van der Waals surface area (Å²) < 4.78 is 14.5. The fourth-order valence-electron chi connectivity index (χ4n) is 2.06. The first-order valence-corrected chi connectivity index (χ1v) is 7.92. The minimum Gasteiger partial charge on any atom is -0.469 e. The Morgan fingerprint density at radius 3 is 2.20 bits per heavy atom. The molecule has 1 aromatic rings. The molecule has 0 aliphatic rings. The highest BCUT2D eigenvalue weighted by Crippen LogP contribution is 2.16. The van der Waals surface area contributed by atoms with Gasteiger partial charge in [0.25, 0.3) is 5.91 Å². The Bertz CT molecular complexity index is 662. The van der Waals surface area contributed by atoms with Crippen LogP contribution < -0.4 is 5.32 Å². The molecule has 1 amide bonds.